The van der Waals surface area contributed by atoms with Crippen molar-refractivity contribution in [1.29, 1.82) is 0 Å². The summed E-state index contributed by atoms with van der Waals surface area (Å²) in [5.41, 5.74) is 1.05. The standard InChI is InChI=1S/C19H28N4O2/c1-22(13-15-7-10-20-11-8-15)19(25)21-17-9-12-23(14-17)18(24)16-5-3-2-4-6-16/h7-8,10-11,16-17H,2-6,9,12-14H2,1H3,(H,21,25). The predicted octanol–water partition coefficient (Wildman–Crippen LogP) is 2.40. The van der Waals surface area contributed by atoms with E-state index in [0.717, 1.165) is 31.4 Å². The Morgan fingerprint density at radius 2 is 1.92 bits per heavy atom. The average Bonchev–Trinajstić information content (AvgIpc) is 3.11. The highest BCUT2D eigenvalue weighted by molar-refractivity contribution is 5.79. The van der Waals surface area contributed by atoms with E-state index in [0.29, 0.717) is 19.0 Å². The molecule has 1 unspecified atom stereocenters. The lowest BCUT2D eigenvalue weighted by Gasteiger charge is -2.26. The van der Waals surface area contributed by atoms with Crippen molar-refractivity contribution < 1.29 is 9.59 Å². The Morgan fingerprint density at radius 1 is 1.20 bits per heavy atom. The molecule has 1 aliphatic carbocycles. The maximum atomic E-state index is 12.6. The van der Waals surface area contributed by atoms with Crippen LogP contribution < -0.4 is 5.32 Å². The second-order valence-corrected chi connectivity index (χ2v) is 7.27. The van der Waals surface area contributed by atoms with Crippen molar-refractivity contribution >= 4 is 11.9 Å². The Morgan fingerprint density at radius 3 is 2.64 bits per heavy atom. The predicted molar refractivity (Wildman–Crippen MR) is 95.8 cm³/mol. The van der Waals surface area contributed by atoms with Crippen molar-refractivity contribution in [2.24, 2.45) is 5.92 Å². The van der Waals surface area contributed by atoms with Crippen LogP contribution in [0.1, 0.15) is 44.1 Å². The molecule has 1 aliphatic heterocycles. The van der Waals surface area contributed by atoms with Gasteiger partial charge in [-0.05, 0) is 37.0 Å². The molecule has 0 spiro atoms. The smallest absolute Gasteiger partial charge is 0.317 e. The van der Waals surface area contributed by atoms with Crippen LogP contribution in [-0.4, -0.2) is 52.9 Å². The SMILES string of the molecule is CN(Cc1ccncc1)C(=O)NC1CCN(C(=O)C2CCCCC2)C1. The first-order valence-corrected chi connectivity index (χ1v) is 9.33. The zero-order valence-electron chi connectivity index (χ0n) is 15.0. The lowest BCUT2D eigenvalue weighted by Crippen LogP contribution is -2.45. The van der Waals surface area contributed by atoms with E-state index >= 15 is 0 Å². The summed E-state index contributed by atoms with van der Waals surface area (Å²) in [4.78, 5) is 32.6. The van der Waals surface area contributed by atoms with E-state index in [9.17, 15) is 9.59 Å². The van der Waals surface area contributed by atoms with Gasteiger partial charge >= 0.3 is 6.03 Å². The van der Waals surface area contributed by atoms with Crippen LogP contribution >= 0.6 is 0 Å². The Balaban J connectivity index is 1.45. The lowest BCUT2D eigenvalue weighted by atomic mass is 9.88. The molecule has 2 heterocycles. The van der Waals surface area contributed by atoms with Crippen molar-refractivity contribution in [1.82, 2.24) is 20.1 Å². The van der Waals surface area contributed by atoms with Crippen molar-refractivity contribution in [2.45, 2.75) is 51.1 Å². The molecule has 0 radical (unpaired) electrons. The van der Waals surface area contributed by atoms with Gasteiger partial charge in [0.05, 0.1) is 0 Å². The molecule has 2 fully saturated rings. The number of hydrogen-bond donors (Lipinski definition) is 1. The third kappa shape index (κ3) is 4.71. The van der Waals surface area contributed by atoms with Crippen molar-refractivity contribution in [3.05, 3.63) is 30.1 Å². The van der Waals surface area contributed by atoms with Gasteiger partial charge in [-0.2, -0.15) is 0 Å². The average molecular weight is 344 g/mol. The minimum Gasteiger partial charge on any atom is -0.340 e. The summed E-state index contributed by atoms with van der Waals surface area (Å²) in [6, 6.07) is 3.78. The van der Waals surface area contributed by atoms with E-state index in [2.05, 4.69) is 10.3 Å². The normalized spacial score (nSPS) is 21.2. The van der Waals surface area contributed by atoms with Gasteiger partial charge in [0.15, 0.2) is 0 Å². The Kier molecular flexibility index (Phi) is 5.89. The fourth-order valence-corrected chi connectivity index (χ4v) is 3.80. The monoisotopic (exact) mass is 344 g/mol. The number of hydrogen-bond acceptors (Lipinski definition) is 3. The number of amides is 3. The largest absolute Gasteiger partial charge is 0.340 e. The van der Waals surface area contributed by atoms with Crippen LogP contribution in [0.5, 0.6) is 0 Å². The molecule has 3 rings (SSSR count). The minimum absolute atomic E-state index is 0.0555. The summed E-state index contributed by atoms with van der Waals surface area (Å²) in [6.45, 7) is 1.95. The number of nitrogens with zero attached hydrogens (tertiary/aromatic N) is 3. The Labute approximate surface area is 149 Å². The van der Waals surface area contributed by atoms with Gasteiger partial charge in [-0.1, -0.05) is 19.3 Å². The van der Waals surface area contributed by atoms with Crippen molar-refractivity contribution in [2.75, 3.05) is 20.1 Å². The van der Waals surface area contributed by atoms with E-state index in [4.69, 9.17) is 0 Å². The molecule has 1 atom stereocenters. The maximum Gasteiger partial charge on any atom is 0.317 e. The number of aromatic nitrogens is 1. The lowest BCUT2D eigenvalue weighted by molar-refractivity contribution is -0.135. The molecule has 1 saturated heterocycles. The molecule has 2 aliphatic rings. The highest BCUT2D eigenvalue weighted by atomic mass is 16.2. The van der Waals surface area contributed by atoms with Gasteiger partial charge in [-0.15, -0.1) is 0 Å². The summed E-state index contributed by atoms with van der Waals surface area (Å²) >= 11 is 0. The van der Waals surface area contributed by atoms with Crippen LogP contribution in [0, 0.1) is 5.92 Å². The second-order valence-electron chi connectivity index (χ2n) is 7.27. The molecule has 1 saturated carbocycles. The first kappa shape index (κ1) is 17.7. The molecule has 25 heavy (non-hydrogen) atoms. The van der Waals surface area contributed by atoms with Crippen LogP contribution in [0.2, 0.25) is 0 Å². The van der Waals surface area contributed by atoms with E-state index in [1.165, 1.54) is 19.3 Å². The minimum atomic E-state index is -0.0891. The first-order chi connectivity index (χ1) is 12.1. The summed E-state index contributed by atoms with van der Waals surface area (Å²) in [5.74, 6) is 0.499. The summed E-state index contributed by atoms with van der Waals surface area (Å²) < 4.78 is 0. The van der Waals surface area contributed by atoms with Crippen molar-refractivity contribution in [3.8, 4) is 0 Å². The fraction of sp³-hybridized carbons (Fsp3) is 0.632. The number of carbonyl (C=O) groups is 2. The number of rotatable bonds is 4. The molecule has 136 valence electrons. The topological polar surface area (TPSA) is 65.5 Å². The first-order valence-electron chi connectivity index (χ1n) is 9.33. The van der Waals surface area contributed by atoms with E-state index < -0.39 is 0 Å². The Hall–Kier alpha value is -2.11. The highest BCUT2D eigenvalue weighted by Crippen LogP contribution is 2.26. The zero-order chi connectivity index (χ0) is 17.6. The summed E-state index contributed by atoms with van der Waals surface area (Å²) in [6.07, 6.45) is 9.95. The van der Waals surface area contributed by atoms with Gasteiger partial charge in [0, 0.05) is 51.0 Å². The number of urea groups is 1. The number of carbonyl (C=O) groups excluding carboxylic acids is 2. The van der Waals surface area contributed by atoms with E-state index in [1.54, 1.807) is 24.3 Å². The molecule has 0 aromatic carbocycles. The molecule has 6 heteroatoms. The molecule has 0 bridgehead atoms. The fourth-order valence-electron chi connectivity index (χ4n) is 3.80. The van der Waals surface area contributed by atoms with Gasteiger partial charge in [0.2, 0.25) is 5.91 Å². The van der Waals surface area contributed by atoms with Gasteiger partial charge in [0.1, 0.15) is 0 Å². The van der Waals surface area contributed by atoms with Crippen LogP contribution in [0.25, 0.3) is 0 Å². The number of nitrogens with one attached hydrogen (secondary N) is 1. The summed E-state index contributed by atoms with van der Waals surface area (Å²) in [5, 5.41) is 3.06. The van der Waals surface area contributed by atoms with Crippen molar-refractivity contribution in [3.63, 3.8) is 0 Å². The number of likely N-dealkylation sites (tertiary alicyclic amines) is 1. The highest BCUT2D eigenvalue weighted by Gasteiger charge is 2.32. The third-order valence-electron chi connectivity index (χ3n) is 5.30. The quantitative estimate of drug-likeness (QED) is 0.912. The molecular formula is C19H28N4O2. The zero-order valence-corrected chi connectivity index (χ0v) is 15.0. The molecule has 1 N–H and O–H groups in total. The molecule has 1 aromatic heterocycles. The summed E-state index contributed by atoms with van der Waals surface area (Å²) in [7, 11) is 1.79. The van der Waals surface area contributed by atoms with Gasteiger partial charge in [0.25, 0.3) is 0 Å². The molecule has 6 nitrogen and oxygen atoms in total. The van der Waals surface area contributed by atoms with Gasteiger partial charge < -0.3 is 15.1 Å². The van der Waals surface area contributed by atoms with Gasteiger partial charge in [-0.3, -0.25) is 9.78 Å². The maximum absolute atomic E-state index is 12.6. The molecule has 1 aromatic rings. The third-order valence-corrected chi connectivity index (χ3v) is 5.30. The Bertz CT molecular complexity index is 586. The second kappa shape index (κ2) is 8.32. The molecular weight excluding hydrogens is 316 g/mol. The molecule has 3 amide bonds. The van der Waals surface area contributed by atoms with Crippen LogP contribution in [0.15, 0.2) is 24.5 Å². The van der Waals surface area contributed by atoms with E-state index in [-0.39, 0.29) is 18.0 Å². The number of pyridine rings is 1. The van der Waals surface area contributed by atoms with Crippen LogP contribution in [-0.2, 0) is 11.3 Å². The van der Waals surface area contributed by atoms with Gasteiger partial charge in [-0.25, -0.2) is 4.79 Å². The van der Waals surface area contributed by atoms with Crippen LogP contribution in [0.3, 0.4) is 0 Å². The van der Waals surface area contributed by atoms with E-state index in [1.807, 2.05) is 17.0 Å². The van der Waals surface area contributed by atoms with Crippen LogP contribution in [0.4, 0.5) is 4.79 Å².